The predicted octanol–water partition coefficient (Wildman–Crippen LogP) is 5.45. The Kier molecular flexibility index (Phi) is 4.84. The molecule has 0 amide bonds. The van der Waals surface area contributed by atoms with Crippen molar-refractivity contribution in [3.63, 3.8) is 0 Å². The van der Waals surface area contributed by atoms with E-state index in [1.165, 1.54) is 10.4 Å². The summed E-state index contributed by atoms with van der Waals surface area (Å²) in [7, 11) is 0. The highest BCUT2D eigenvalue weighted by Gasteiger charge is 2.24. The molecule has 3 aromatic heterocycles. The number of ether oxygens (including phenoxy) is 1. The molecule has 0 spiro atoms. The number of hydrogen-bond acceptors (Lipinski definition) is 7. The zero-order valence-electron chi connectivity index (χ0n) is 17.2. The maximum atomic E-state index is 5.99. The third-order valence-electron chi connectivity index (χ3n) is 5.38. The molecule has 152 valence electrons. The second-order valence-corrected chi connectivity index (χ2v) is 8.80. The molecular formula is C23H23N5OS. The molecular weight excluding hydrogens is 394 g/mol. The van der Waals surface area contributed by atoms with Gasteiger partial charge in [-0.05, 0) is 61.2 Å². The number of aromatic nitrogens is 3. The summed E-state index contributed by atoms with van der Waals surface area (Å²) >= 11 is 1.76. The van der Waals surface area contributed by atoms with E-state index >= 15 is 0 Å². The van der Waals surface area contributed by atoms with Gasteiger partial charge in [0.15, 0.2) is 0 Å². The van der Waals surface area contributed by atoms with Crippen molar-refractivity contribution in [1.82, 2.24) is 20.3 Å². The maximum Gasteiger partial charge on any atom is 0.145 e. The standard InChI is InChI=1S/C23H23N5OS/c1-13-8-16(5-7-18(13)29-17-6-4-15(3)25-10-17)28-22-21-20-14(2)9-24-11-19(20)30-23(21)27-12-26-22/h4-8,10,12,14,24H,9,11H2,1-3H3,(H,26,27,28)/t14-/m0/s1. The van der Waals surface area contributed by atoms with Gasteiger partial charge in [-0.2, -0.15) is 0 Å². The lowest BCUT2D eigenvalue weighted by atomic mass is 9.96. The lowest BCUT2D eigenvalue weighted by Gasteiger charge is -2.20. The fourth-order valence-corrected chi connectivity index (χ4v) is 5.10. The monoisotopic (exact) mass is 417 g/mol. The minimum absolute atomic E-state index is 0.440. The number of fused-ring (bicyclic) bond motifs is 3. The summed E-state index contributed by atoms with van der Waals surface area (Å²) < 4.78 is 5.99. The number of benzene rings is 1. The van der Waals surface area contributed by atoms with Gasteiger partial charge in [-0.3, -0.25) is 4.98 Å². The van der Waals surface area contributed by atoms with E-state index in [-0.39, 0.29) is 0 Å². The molecule has 0 bridgehead atoms. The molecule has 7 heteroatoms. The first-order chi connectivity index (χ1) is 14.6. The molecule has 1 atom stereocenters. The Hall–Kier alpha value is -3.03. The number of nitrogens with one attached hydrogen (secondary N) is 2. The first-order valence-corrected chi connectivity index (χ1v) is 10.9. The van der Waals surface area contributed by atoms with Crippen LogP contribution in [0.25, 0.3) is 10.2 Å². The highest BCUT2D eigenvalue weighted by atomic mass is 32.1. The Morgan fingerprint density at radius 1 is 1.13 bits per heavy atom. The number of thiophene rings is 1. The topological polar surface area (TPSA) is 72.0 Å². The Morgan fingerprint density at radius 3 is 2.83 bits per heavy atom. The van der Waals surface area contributed by atoms with Gasteiger partial charge in [0.2, 0.25) is 0 Å². The van der Waals surface area contributed by atoms with Gasteiger partial charge in [0.25, 0.3) is 0 Å². The molecule has 0 aliphatic carbocycles. The molecule has 30 heavy (non-hydrogen) atoms. The van der Waals surface area contributed by atoms with Gasteiger partial charge in [-0.15, -0.1) is 11.3 Å². The van der Waals surface area contributed by atoms with Crippen molar-refractivity contribution in [3.8, 4) is 11.5 Å². The molecule has 4 aromatic rings. The third-order valence-corrected chi connectivity index (χ3v) is 6.49. The quantitative estimate of drug-likeness (QED) is 0.460. The number of pyridine rings is 1. The van der Waals surface area contributed by atoms with Crippen LogP contribution in [0.15, 0.2) is 42.9 Å². The van der Waals surface area contributed by atoms with E-state index in [2.05, 4.69) is 38.6 Å². The zero-order valence-corrected chi connectivity index (χ0v) is 18.0. The molecule has 6 nitrogen and oxygen atoms in total. The number of anilines is 2. The van der Waals surface area contributed by atoms with Crippen molar-refractivity contribution in [1.29, 1.82) is 0 Å². The second-order valence-electron chi connectivity index (χ2n) is 7.72. The van der Waals surface area contributed by atoms with E-state index in [1.54, 1.807) is 23.9 Å². The Morgan fingerprint density at radius 2 is 2.03 bits per heavy atom. The number of rotatable bonds is 4. The number of aryl methyl sites for hydroxylation is 2. The molecule has 0 saturated carbocycles. The normalized spacial score (nSPS) is 15.8. The summed E-state index contributed by atoms with van der Waals surface area (Å²) in [6.45, 7) is 8.13. The van der Waals surface area contributed by atoms with Crippen molar-refractivity contribution in [3.05, 3.63) is 64.6 Å². The molecule has 1 aliphatic rings. The first kappa shape index (κ1) is 19.0. The predicted molar refractivity (Wildman–Crippen MR) is 121 cm³/mol. The average molecular weight is 418 g/mol. The smallest absolute Gasteiger partial charge is 0.145 e. The minimum atomic E-state index is 0.440. The van der Waals surface area contributed by atoms with Crippen LogP contribution in [0.1, 0.15) is 34.5 Å². The zero-order chi connectivity index (χ0) is 20.7. The molecule has 5 rings (SSSR count). The maximum absolute atomic E-state index is 5.99. The highest BCUT2D eigenvalue weighted by Crippen LogP contribution is 2.40. The van der Waals surface area contributed by atoms with E-state index < -0.39 is 0 Å². The third kappa shape index (κ3) is 3.51. The van der Waals surface area contributed by atoms with Crippen LogP contribution in [0.4, 0.5) is 11.5 Å². The molecule has 2 N–H and O–H groups in total. The SMILES string of the molecule is Cc1ccc(Oc2ccc(Nc3ncnc4sc5c(c34)[C@@H](C)CNC5)cc2C)cn1. The van der Waals surface area contributed by atoms with Crippen LogP contribution in [-0.4, -0.2) is 21.5 Å². The molecule has 1 aliphatic heterocycles. The average Bonchev–Trinajstić information content (AvgIpc) is 3.12. The molecule has 0 fully saturated rings. The van der Waals surface area contributed by atoms with Crippen LogP contribution in [-0.2, 0) is 6.54 Å². The van der Waals surface area contributed by atoms with Crippen molar-refractivity contribution in [2.24, 2.45) is 0 Å². The van der Waals surface area contributed by atoms with Gasteiger partial charge in [-0.25, -0.2) is 9.97 Å². The van der Waals surface area contributed by atoms with Crippen LogP contribution >= 0.6 is 11.3 Å². The molecule has 1 aromatic carbocycles. The highest BCUT2D eigenvalue weighted by molar-refractivity contribution is 7.19. The van der Waals surface area contributed by atoms with E-state index in [4.69, 9.17) is 4.74 Å². The lowest BCUT2D eigenvalue weighted by molar-refractivity contribution is 0.476. The van der Waals surface area contributed by atoms with Crippen molar-refractivity contribution >= 4 is 33.1 Å². The fourth-order valence-electron chi connectivity index (χ4n) is 3.87. The van der Waals surface area contributed by atoms with Crippen LogP contribution in [0, 0.1) is 13.8 Å². The van der Waals surface area contributed by atoms with Crippen LogP contribution in [0.5, 0.6) is 11.5 Å². The summed E-state index contributed by atoms with van der Waals surface area (Å²) in [6, 6.07) is 9.95. The largest absolute Gasteiger partial charge is 0.455 e. The Balaban J connectivity index is 1.45. The van der Waals surface area contributed by atoms with Crippen LogP contribution in [0.3, 0.4) is 0 Å². The minimum Gasteiger partial charge on any atom is -0.455 e. The molecule has 0 saturated heterocycles. The summed E-state index contributed by atoms with van der Waals surface area (Å²) in [4.78, 5) is 15.8. The van der Waals surface area contributed by atoms with Crippen LogP contribution < -0.4 is 15.4 Å². The number of hydrogen-bond donors (Lipinski definition) is 2. The lowest BCUT2D eigenvalue weighted by Crippen LogP contribution is -2.25. The van der Waals surface area contributed by atoms with E-state index in [1.807, 2.05) is 38.1 Å². The van der Waals surface area contributed by atoms with Gasteiger partial charge >= 0.3 is 0 Å². The van der Waals surface area contributed by atoms with Gasteiger partial charge in [-0.1, -0.05) is 6.92 Å². The van der Waals surface area contributed by atoms with E-state index in [0.29, 0.717) is 5.92 Å². The molecule has 4 heterocycles. The van der Waals surface area contributed by atoms with E-state index in [9.17, 15) is 0 Å². The Bertz CT molecular complexity index is 1220. The summed E-state index contributed by atoms with van der Waals surface area (Å²) in [5.74, 6) is 2.85. The van der Waals surface area contributed by atoms with Crippen LogP contribution in [0.2, 0.25) is 0 Å². The van der Waals surface area contributed by atoms with Gasteiger partial charge in [0.1, 0.15) is 28.5 Å². The molecule has 0 unspecified atom stereocenters. The van der Waals surface area contributed by atoms with Crippen molar-refractivity contribution in [2.45, 2.75) is 33.2 Å². The van der Waals surface area contributed by atoms with Gasteiger partial charge < -0.3 is 15.4 Å². The Labute approximate surface area is 179 Å². The fraction of sp³-hybridized carbons (Fsp3) is 0.261. The second kappa shape index (κ2) is 7.66. The summed E-state index contributed by atoms with van der Waals surface area (Å²) in [5.41, 5.74) is 4.36. The summed E-state index contributed by atoms with van der Waals surface area (Å²) in [5, 5.41) is 8.14. The first-order valence-electron chi connectivity index (χ1n) is 10.0. The van der Waals surface area contributed by atoms with Gasteiger partial charge in [0, 0.05) is 29.3 Å². The van der Waals surface area contributed by atoms with E-state index in [0.717, 1.165) is 57.6 Å². The van der Waals surface area contributed by atoms with Crippen molar-refractivity contribution in [2.75, 3.05) is 11.9 Å². The van der Waals surface area contributed by atoms with Crippen molar-refractivity contribution < 1.29 is 4.74 Å². The van der Waals surface area contributed by atoms with Gasteiger partial charge in [0.05, 0.1) is 11.6 Å². The summed E-state index contributed by atoms with van der Waals surface area (Å²) in [6.07, 6.45) is 3.38. The molecule has 0 radical (unpaired) electrons. The number of nitrogens with zero attached hydrogens (tertiary/aromatic N) is 3.